The van der Waals surface area contributed by atoms with Crippen LogP contribution in [-0.2, 0) is 18.4 Å². The molecule has 0 bridgehead atoms. The maximum atomic E-state index is 11.5. The highest BCUT2D eigenvalue weighted by Gasteiger charge is 2.22. The van der Waals surface area contributed by atoms with E-state index >= 15 is 0 Å². The molecule has 0 unspecified atom stereocenters. The van der Waals surface area contributed by atoms with Gasteiger partial charge in [-0.15, -0.1) is 0 Å². The summed E-state index contributed by atoms with van der Waals surface area (Å²) < 4.78 is 2.02. The van der Waals surface area contributed by atoms with Gasteiger partial charge in [0.2, 0.25) is 11.9 Å². The van der Waals surface area contributed by atoms with Gasteiger partial charge in [-0.05, 0) is 12.8 Å². The Morgan fingerprint density at radius 1 is 1.56 bits per heavy atom. The maximum Gasteiger partial charge on any atom is 0.234 e. The molecule has 0 spiro atoms. The van der Waals surface area contributed by atoms with Crippen LogP contribution >= 0.6 is 0 Å². The Labute approximate surface area is 107 Å². The SMILES string of the molecule is CN(C)c1ncc(CNCC(=O)NC2CC2)n1C. The summed E-state index contributed by atoms with van der Waals surface area (Å²) in [6.07, 6.45) is 4.08. The van der Waals surface area contributed by atoms with Crippen LogP contribution in [0.3, 0.4) is 0 Å². The fraction of sp³-hybridized carbons (Fsp3) is 0.667. The van der Waals surface area contributed by atoms with Crippen molar-refractivity contribution in [1.29, 1.82) is 0 Å². The van der Waals surface area contributed by atoms with Crippen molar-refractivity contribution >= 4 is 11.9 Å². The Bertz CT molecular complexity index is 422. The van der Waals surface area contributed by atoms with Gasteiger partial charge in [-0.2, -0.15) is 0 Å². The fourth-order valence-corrected chi connectivity index (χ4v) is 1.82. The van der Waals surface area contributed by atoms with Crippen LogP contribution < -0.4 is 15.5 Å². The number of aromatic nitrogens is 2. The smallest absolute Gasteiger partial charge is 0.234 e. The molecular weight excluding hydrogens is 230 g/mol. The molecule has 2 rings (SSSR count). The lowest BCUT2D eigenvalue weighted by atomic mass is 10.4. The van der Waals surface area contributed by atoms with Gasteiger partial charge < -0.3 is 20.1 Å². The first-order valence-electron chi connectivity index (χ1n) is 6.26. The normalized spacial score (nSPS) is 14.6. The van der Waals surface area contributed by atoms with Gasteiger partial charge in [-0.25, -0.2) is 4.98 Å². The number of anilines is 1. The van der Waals surface area contributed by atoms with E-state index in [0.29, 0.717) is 19.1 Å². The number of imidazole rings is 1. The van der Waals surface area contributed by atoms with E-state index < -0.39 is 0 Å². The number of amides is 1. The van der Waals surface area contributed by atoms with Gasteiger partial charge in [-0.3, -0.25) is 4.79 Å². The van der Waals surface area contributed by atoms with E-state index in [0.717, 1.165) is 24.5 Å². The summed E-state index contributed by atoms with van der Waals surface area (Å²) in [5, 5.41) is 6.08. The zero-order valence-electron chi connectivity index (χ0n) is 11.2. The van der Waals surface area contributed by atoms with Crippen LogP contribution in [0.15, 0.2) is 6.20 Å². The van der Waals surface area contributed by atoms with Crippen LogP contribution in [0.4, 0.5) is 5.95 Å². The topological polar surface area (TPSA) is 62.2 Å². The number of nitrogens with zero attached hydrogens (tertiary/aromatic N) is 3. The molecule has 1 saturated carbocycles. The van der Waals surface area contributed by atoms with Crippen LogP contribution in [0.25, 0.3) is 0 Å². The first-order valence-corrected chi connectivity index (χ1v) is 6.26. The highest BCUT2D eigenvalue weighted by atomic mass is 16.2. The van der Waals surface area contributed by atoms with Gasteiger partial charge in [0.25, 0.3) is 0 Å². The number of hydrogen-bond acceptors (Lipinski definition) is 4. The molecule has 0 aliphatic heterocycles. The monoisotopic (exact) mass is 251 g/mol. The first kappa shape index (κ1) is 12.9. The van der Waals surface area contributed by atoms with Crippen LogP contribution in [-0.4, -0.2) is 42.1 Å². The second-order valence-corrected chi connectivity index (χ2v) is 4.95. The molecule has 6 nitrogen and oxygen atoms in total. The van der Waals surface area contributed by atoms with Crippen molar-refractivity contribution in [1.82, 2.24) is 20.2 Å². The molecule has 6 heteroatoms. The molecule has 100 valence electrons. The molecule has 1 aliphatic rings. The van der Waals surface area contributed by atoms with Gasteiger partial charge in [0.1, 0.15) is 0 Å². The molecule has 1 amide bonds. The van der Waals surface area contributed by atoms with Gasteiger partial charge >= 0.3 is 0 Å². The lowest BCUT2D eigenvalue weighted by Crippen LogP contribution is -2.35. The average molecular weight is 251 g/mol. The van der Waals surface area contributed by atoms with Crippen molar-refractivity contribution in [2.45, 2.75) is 25.4 Å². The predicted molar refractivity (Wildman–Crippen MR) is 70.4 cm³/mol. The quantitative estimate of drug-likeness (QED) is 0.738. The molecule has 1 heterocycles. The predicted octanol–water partition coefficient (Wildman–Crippen LogP) is -0.146. The Kier molecular flexibility index (Phi) is 3.86. The van der Waals surface area contributed by atoms with Crippen LogP contribution in [0.5, 0.6) is 0 Å². The number of carbonyl (C=O) groups excluding carboxylic acids is 1. The molecule has 0 atom stereocenters. The highest BCUT2D eigenvalue weighted by Crippen LogP contribution is 2.18. The Hall–Kier alpha value is -1.56. The Balaban J connectivity index is 1.77. The number of rotatable bonds is 6. The maximum absolute atomic E-state index is 11.5. The molecule has 1 aromatic heterocycles. The number of hydrogen-bond donors (Lipinski definition) is 2. The van der Waals surface area contributed by atoms with Crippen molar-refractivity contribution in [2.75, 3.05) is 25.5 Å². The summed E-state index contributed by atoms with van der Waals surface area (Å²) in [6.45, 7) is 1.01. The lowest BCUT2D eigenvalue weighted by molar-refractivity contribution is -0.120. The first-order chi connectivity index (χ1) is 8.58. The van der Waals surface area contributed by atoms with Crippen molar-refractivity contribution in [3.05, 3.63) is 11.9 Å². The fourth-order valence-electron chi connectivity index (χ4n) is 1.82. The average Bonchev–Trinajstić information content (AvgIpc) is 3.02. The second-order valence-electron chi connectivity index (χ2n) is 4.95. The van der Waals surface area contributed by atoms with Gasteiger partial charge in [0.05, 0.1) is 18.4 Å². The summed E-state index contributed by atoms with van der Waals surface area (Å²) >= 11 is 0. The third-order valence-corrected chi connectivity index (χ3v) is 2.99. The number of carbonyl (C=O) groups is 1. The molecule has 1 aliphatic carbocycles. The van der Waals surface area contributed by atoms with Crippen LogP contribution in [0.2, 0.25) is 0 Å². The third-order valence-electron chi connectivity index (χ3n) is 2.99. The molecule has 1 fully saturated rings. The van der Waals surface area contributed by atoms with E-state index in [4.69, 9.17) is 0 Å². The van der Waals surface area contributed by atoms with E-state index in [9.17, 15) is 4.79 Å². The minimum atomic E-state index is 0.0764. The minimum absolute atomic E-state index is 0.0764. The Morgan fingerprint density at radius 2 is 2.28 bits per heavy atom. The van der Waals surface area contributed by atoms with Gasteiger partial charge in [0, 0.05) is 33.7 Å². The molecule has 2 N–H and O–H groups in total. The summed E-state index contributed by atoms with van der Waals surface area (Å²) in [4.78, 5) is 17.8. The van der Waals surface area contributed by atoms with E-state index in [2.05, 4.69) is 15.6 Å². The van der Waals surface area contributed by atoms with E-state index in [1.54, 1.807) is 0 Å². The molecule has 0 aromatic carbocycles. The van der Waals surface area contributed by atoms with Crippen molar-refractivity contribution in [2.24, 2.45) is 7.05 Å². The summed E-state index contributed by atoms with van der Waals surface area (Å²) in [5.41, 5.74) is 1.07. The molecule has 18 heavy (non-hydrogen) atoms. The van der Waals surface area contributed by atoms with Crippen molar-refractivity contribution in [3.63, 3.8) is 0 Å². The summed E-state index contributed by atoms with van der Waals surface area (Å²) in [5.74, 6) is 0.988. The van der Waals surface area contributed by atoms with Crippen LogP contribution in [0, 0.1) is 0 Å². The van der Waals surface area contributed by atoms with E-state index in [-0.39, 0.29) is 5.91 Å². The zero-order valence-corrected chi connectivity index (χ0v) is 11.2. The van der Waals surface area contributed by atoms with Crippen molar-refractivity contribution in [3.8, 4) is 0 Å². The van der Waals surface area contributed by atoms with E-state index in [1.807, 2.05) is 36.8 Å². The summed E-state index contributed by atoms with van der Waals surface area (Å²) in [7, 11) is 5.90. The van der Waals surface area contributed by atoms with Gasteiger partial charge in [0.15, 0.2) is 0 Å². The Morgan fingerprint density at radius 3 is 2.83 bits per heavy atom. The zero-order chi connectivity index (χ0) is 13.1. The van der Waals surface area contributed by atoms with Crippen molar-refractivity contribution < 1.29 is 4.79 Å². The highest BCUT2D eigenvalue weighted by molar-refractivity contribution is 5.78. The molecular formula is C12H21N5O. The number of nitrogens with one attached hydrogen (secondary N) is 2. The van der Waals surface area contributed by atoms with Crippen LogP contribution in [0.1, 0.15) is 18.5 Å². The summed E-state index contributed by atoms with van der Waals surface area (Å²) in [6, 6.07) is 0.427. The largest absolute Gasteiger partial charge is 0.352 e. The van der Waals surface area contributed by atoms with Gasteiger partial charge in [-0.1, -0.05) is 0 Å². The lowest BCUT2D eigenvalue weighted by Gasteiger charge is -2.12. The third kappa shape index (κ3) is 3.22. The molecule has 0 saturated heterocycles. The molecule has 0 radical (unpaired) electrons. The minimum Gasteiger partial charge on any atom is -0.352 e. The molecule has 1 aromatic rings. The standard InChI is InChI=1S/C12H21N5O/c1-16(2)12-14-7-10(17(12)3)6-13-8-11(18)15-9-4-5-9/h7,9,13H,4-6,8H2,1-3H3,(H,15,18). The van der Waals surface area contributed by atoms with E-state index in [1.165, 1.54) is 0 Å². The second kappa shape index (κ2) is 5.39.